The molecule has 1 atom stereocenters. The van der Waals surface area contributed by atoms with Gasteiger partial charge in [0, 0.05) is 44.3 Å². The highest BCUT2D eigenvalue weighted by atomic mass is 32.2. The van der Waals surface area contributed by atoms with Crippen LogP contribution >= 0.6 is 11.8 Å². The second-order valence-electron chi connectivity index (χ2n) is 5.18. The zero-order valence-corrected chi connectivity index (χ0v) is 12.7. The van der Waals surface area contributed by atoms with Crippen LogP contribution in [0.4, 0.5) is 0 Å². The minimum absolute atomic E-state index is 0.0302. The van der Waals surface area contributed by atoms with Crippen LogP contribution in [0.15, 0.2) is 0 Å². The number of piperidine rings is 1. The van der Waals surface area contributed by atoms with Crippen molar-refractivity contribution < 1.29 is 14.3 Å². The number of carbonyl (C=O) groups excluding carboxylic acids is 2. The third-order valence-corrected chi connectivity index (χ3v) is 4.76. The van der Waals surface area contributed by atoms with Crippen molar-refractivity contribution >= 4 is 23.6 Å². The molecule has 0 aromatic carbocycles. The second-order valence-corrected chi connectivity index (χ2v) is 6.33. The molecule has 2 N–H and O–H groups in total. The molecule has 2 heterocycles. The summed E-state index contributed by atoms with van der Waals surface area (Å²) in [5.41, 5.74) is 0. The lowest BCUT2D eigenvalue weighted by Gasteiger charge is -2.33. The Morgan fingerprint density at radius 2 is 2.15 bits per heavy atom. The lowest BCUT2D eigenvalue weighted by molar-refractivity contribution is -0.136. The third kappa shape index (κ3) is 4.36. The number of hydrogen-bond acceptors (Lipinski definition) is 5. The van der Waals surface area contributed by atoms with Gasteiger partial charge in [-0.3, -0.25) is 9.59 Å². The van der Waals surface area contributed by atoms with Crippen LogP contribution in [-0.2, 0) is 14.3 Å². The molecule has 2 aliphatic rings. The largest absolute Gasteiger partial charge is 0.375 e. The summed E-state index contributed by atoms with van der Waals surface area (Å²) in [6, 6.07) is 0.115. The van der Waals surface area contributed by atoms with Crippen molar-refractivity contribution in [1.82, 2.24) is 15.5 Å². The maximum Gasteiger partial charge on any atom is 0.248 e. The fraction of sp³-hybridized carbons (Fsp3) is 0.846. The molecule has 2 rings (SSSR count). The Balaban J connectivity index is 1.71. The molecule has 2 amide bonds. The minimum Gasteiger partial charge on any atom is -0.375 e. The van der Waals surface area contributed by atoms with Gasteiger partial charge in [-0.1, -0.05) is 0 Å². The van der Waals surface area contributed by atoms with Crippen molar-refractivity contribution in [3.8, 4) is 0 Å². The summed E-state index contributed by atoms with van der Waals surface area (Å²) in [5, 5.41) is 6.33. The summed E-state index contributed by atoms with van der Waals surface area (Å²) in [7, 11) is 1.53. The molecular weight excluding hydrogens is 278 g/mol. The summed E-state index contributed by atoms with van der Waals surface area (Å²) >= 11 is 1.81. The average molecular weight is 301 g/mol. The smallest absolute Gasteiger partial charge is 0.248 e. The van der Waals surface area contributed by atoms with Crippen LogP contribution in [0.1, 0.15) is 12.8 Å². The topological polar surface area (TPSA) is 70.7 Å². The van der Waals surface area contributed by atoms with Gasteiger partial charge in [0.05, 0.1) is 6.04 Å². The fourth-order valence-electron chi connectivity index (χ4n) is 2.52. The number of nitrogens with one attached hydrogen (secondary N) is 2. The zero-order chi connectivity index (χ0) is 14.4. The molecule has 1 unspecified atom stereocenters. The maximum absolute atomic E-state index is 12.1. The van der Waals surface area contributed by atoms with Crippen LogP contribution in [-0.4, -0.2) is 73.7 Å². The van der Waals surface area contributed by atoms with E-state index in [0.717, 1.165) is 30.9 Å². The molecule has 6 nitrogen and oxygen atoms in total. The molecule has 2 aliphatic heterocycles. The van der Waals surface area contributed by atoms with E-state index in [9.17, 15) is 9.59 Å². The third-order valence-electron chi connectivity index (χ3n) is 3.70. The number of rotatable bonds is 4. The Kier molecular flexibility index (Phi) is 6.12. The zero-order valence-electron chi connectivity index (χ0n) is 11.9. The predicted octanol–water partition coefficient (Wildman–Crippen LogP) is -0.555. The molecule has 0 spiro atoms. The van der Waals surface area contributed by atoms with E-state index in [4.69, 9.17) is 4.74 Å². The van der Waals surface area contributed by atoms with E-state index in [0.29, 0.717) is 13.1 Å². The highest BCUT2D eigenvalue weighted by Gasteiger charge is 2.27. The first-order valence-corrected chi connectivity index (χ1v) is 8.24. The highest BCUT2D eigenvalue weighted by molar-refractivity contribution is 7.99. The molecule has 0 radical (unpaired) electrons. The fourth-order valence-corrected chi connectivity index (χ4v) is 3.46. The lowest BCUT2D eigenvalue weighted by Crippen LogP contribution is -2.54. The van der Waals surface area contributed by atoms with Crippen molar-refractivity contribution in [2.24, 2.45) is 0 Å². The number of nitrogens with zero attached hydrogens (tertiary/aromatic N) is 1. The average Bonchev–Trinajstić information content (AvgIpc) is 2.49. The molecular formula is C13H23N3O3S. The van der Waals surface area contributed by atoms with E-state index in [-0.39, 0.29) is 30.5 Å². The van der Waals surface area contributed by atoms with Crippen LogP contribution in [0.3, 0.4) is 0 Å². The summed E-state index contributed by atoms with van der Waals surface area (Å²) in [4.78, 5) is 25.6. The van der Waals surface area contributed by atoms with Crippen molar-refractivity contribution in [2.75, 3.05) is 44.9 Å². The number of hydrogen-bond donors (Lipinski definition) is 2. The van der Waals surface area contributed by atoms with Gasteiger partial charge < -0.3 is 20.3 Å². The number of ether oxygens (including phenoxy) is 1. The number of methoxy groups -OCH3 is 1. The van der Waals surface area contributed by atoms with Gasteiger partial charge in [-0.05, 0) is 12.8 Å². The molecule has 0 saturated carbocycles. The lowest BCUT2D eigenvalue weighted by atomic mass is 10.0. The molecule has 2 fully saturated rings. The SMILES string of the molecule is COCC(=O)N1CCC(NC(=O)C2CSCCN2)CC1. The number of thioether (sulfide) groups is 1. The molecule has 0 aliphatic carbocycles. The van der Waals surface area contributed by atoms with Crippen LogP contribution in [0.2, 0.25) is 0 Å². The van der Waals surface area contributed by atoms with Crippen LogP contribution in [0.5, 0.6) is 0 Å². The molecule has 114 valence electrons. The van der Waals surface area contributed by atoms with E-state index in [1.807, 2.05) is 11.8 Å². The molecule has 0 aromatic heterocycles. The second kappa shape index (κ2) is 7.85. The van der Waals surface area contributed by atoms with Crippen molar-refractivity contribution in [3.63, 3.8) is 0 Å². The normalized spacial score (nSPS) is 24.4. The van der Waals surface area contributed by atoms with Crippen LogP contribution in [0.25, 0.3) is 0 Å². The quantitative estimate of drug-likeness (QED) is 0.729. The predicted molar refractivity (Wildman–Crippen MR) is 78.7 cm³/mol. The number of likely N-dealkylation sites (tertiary alicyclic amines) is 1. The van der Waals surface area contributed by atoms with E-state index in [1.54, 1.807) is 4.90 Å². The maximum atomic E-state index is 12.1. The van der Waals surface area contributed by atoms with Gasteiger partial charge in [-0.15, -0.1) is 0 Å². The molecule has 0 aromatic rings. The standard InChI is InChI=1S/C13H23N3O3S/c1-19-8-12(17)16-5-2-10(3-6-16)15-13(18)11-9-20-7-4-14-11/h10-11,14H,2-9H2,1H3,(H,15,18). The Morgan fingerprint density at radius 3 is 2.75 bits per heavy atom. The van der Waals surface area contributed by atoms with E-state index < -0.39 is 0 Å². The first-order chi connectivity index (χ1) is 9.70. The first-order valence-electron chi connectivity index (χ1n) is 7.09. The van der Waals surface area contributed by atoms with Gasteiger partial charge in [-0.25, -0.2) is 0 Å². The van der Waals surface area contributed by atoms with E-state index in [2.05, 4.69) is 10.6 Å². The van der Waals surface area contributed by atoms with E-state index in [1.165, 1.54) is 7.11 Å². The Morgan fingerprint density at radius 1 is 1.40 bits per heavy atom. The van der Waals surface area contributed by atoms with Crippen LogP contribution < -0.4 is 10.6 Å². The molecule has 0 bridgehead atoms. The van der Waals surface area contributed by atoms with Gasteiger partial charge in [0.2, 0.25) is 11.8 Å². The van der Waals surface area contributed by atoms with Crippen molar-refractivity contribution in [3.05, 3.63) is 0 Å². The minimum atomic E-state index is -0.0677. The number of carbonyl (C=O) groups is 2. The molecule has 20 heavy (non-hydrogen) atoms. The Labute approximate surface area is 124 Å². The summed E-state index contributed by atoms with van der Waals surface area (Å²) in [6.07, 6.45) is 1.64. The number of amides is 2. The summed E-state index contributed by atoms with van der Waals surface area (Å²) in [6.45, 7) is 2.42. The van der Waals surface area contributed by atoms with Crippen LogP contribution in [0, 0.1) is 0 Å². The Bertz CT molecular complexity index is 340. The Hall–Kier alpha value is -0.790. The van der Waals surface area contributed by atoms with Crippen molar-refractivity contribution in [1.29, 1.82) is 0 Å². The van der Waals surface area contributed by atoms with Gasteiger partial charge in [0.25, 0.3) is 0 Å². The van der Waals surface area contributed by atoms with Crippen molar-refractivity contribution in [2.45, 2.75) is 24.9 Å². The summed E-state index contributed by atoms with van der Waals surface area (Å²) < 4.78 is 4.86. The van der Waals surface area contributed by atoms with Gasteiger partial charge in [0.1, 0.15) is 6.61 Å². The van der Waals surface area contributed by atoms with E-state index >= 15 is 0 Å². The van der Waals surface area contributed by atoms with Gasteiger partial charge >= 0.3 is 0 Å². The van der Waals surface area contributed by atoms with Gasteiger partial charge in [-0.2, -0.15) is 11.8 Å². The summed E-state index contributed by atoms with van der Waals surface area (Å²) in [5.74, 6) is 2.04. The highest BCUT2D eigenvalue weighted by Crippen LogP contribution is 2.12. The molecule has 7 heteroatoms. The monoisotopic (exact) mass is 301 g/mol. The molecule has 2 saturated heterocycles. The first kappa shape index (κ1) is 15.6. The van der Waals surface area contributed by atoms with Gasteiger partial charge in [0.15, 0.2) is 0 Å².